The molecular formula is C52H56N4O. The van der Waals surface area contributed by atoms with Crippen LogP contribution >= 0.6 is 0 Å². The Kier molecular flexibility index (Phi) is 9.50. The molecule has 0 spiro atoms. The highest BCUT2D eigenvalue weighted by atomic mass is 16.3. The van der Waals surface area contributed by atoms with Gasteiger partial charge < -0.3 is 4.42 Å². The van der Waals surface area contributed by atoms with Gasteiger partial charge in [0.05, 0.1) is 28.0 Å². The molecule has 0 aliphatic carbocycles. The highest BCUT2D eigenvalue weighted by Crippen LogP contribution is 2.44. The van der Waals surface area contributed by atoms with Crippen molar-refractivity contribution in [3.05, 3.63) is 131 Å². The molecule has 0 radical (unpaired) electrons. The molecule has 290 valence electrons. The van der Waals surface area contributed by atoms with Crippen molar-refractivity contribution in [1.29, 1.82) is 0 Å². The van der Waals surface area contributed by atoms with Gasteiger partial charge in [0.1, 0.15) is 22.8 Å². The summed E-state index contributed by atoms with van der Waals surface area (Å²) in [5, 5.41) is 2.13. The number of furan rings is 1. The fourth-order valence-corrected chi connectivity index (χ4v) is 8.02. The van der Waals surface area contributed by atoms with Gasteiger partial charge in [0.15, 0.2) is 0 Å². The third-order valence-corrected chi connectivity index (χ3v) is 11.4. The average molecular weight is 753 g/mol. The Morgan fingerprint density at radius 2 is 1.23 bits per heavy atom. The van der Waals surface area contributed by atoms with Crippen molar-refractivity contribution in [3.8, 4) is 39.5 Å². The van der Waals surface area contributed by atoms with E-state index in [4.69, 9.17) is 14.4 Å². The van der Waals surface area contributed by atoms with E-state index in [1.54, 1.807) is 0 Å². The first-order chi connectivity index (χ1) is 27.0. The number of hydrogen-bond acceptors (Lipinski definition) is 4. The van der Waals surface area contributed by atoms with E-state index in [-0.39, 0.29) is 28.6 Å². The van der Waals surface area contributed by atoms with Crippen LogP contribution in [0.5, 0.6) is 0 Å². The molecule has 0 N–H and O–H groups in total. The van der Waals surface area contributed by atoms with Crippen molar-refractivity contribution in [1.82, 2.24) is 19.5 Å². The van der Waals surface area contributed by atoms with Gasteiger partial charge in [-0.1, -0.05) is 132 Å². The summed E-state index contributed by atoms with van der Waals surface area (Å²) < 4.78 is 9.29. The van der Waals surface area contributed by atoms with Gasteiger partial charge in [0, 0.05) is 28.5 Å². The summed E-state index contributed by atoms with van der Waals surface area (Å²) in [5.74, 6) is 2.45. The Labute approximate surface area is 338 Å². The van der Waals surface area contributed by atoms with Crippen LogP contribution in [0.2, 0.25) is 0 Å². The van der Waals surface area contributed by atoms with E-state index in [1.165, 1.54) is 39.1 Å². The minimum atomic E-state index is 0.0226. The summed E-state index contributed by atoms with van der Waals surface area (Å²) in [6.45, 7) is 27.4. The van der Waals surface area contributed by atoms with Gasteiger partial charge in [0.25, 0.3) is 0 Å². The van der Waals surface area contributed by atoms with Crippen LogP contribution in [-0.4, -0.2) is 19.5 Å². The van der Waals surface area contributed by atoms with Crippen LogP contribution in [0.1, 0.15) is 129 Å². The lowest BCUT2D eigenvalue weighted by atomic mass is 9.78. The minimum absolute atomic E-state index is 0.0226. The Bertz CT molecular complexity index is 2740. The fourth-order valence-electron chi connectivity index (χ4n) is 8.02. The van der Waals surface area contributed by atoms with Gasteiger partial charge in [-0.2, -0.15) is 0 Å². The maximum Gasteiger partial charge on any atom is 0.149 e. The monoisotopic (exact) mass is 752 g/mol. The number of hydrogen-bond donors (Lipinski definition) is 0. The van der Waals surface area contributed by atoms with E-state index in [0.717, 1.165) is 61.4 Å². The van der Waals surface area contributed by atoms with Crippen molar-refractivity contribution in [2.24, 2.45) is 0 Å². The van der Waals surface area contributed by atoms with Crippen LogP contribution in [0.4, 0.5) is 0 Å². The second kappa shape index (κ2) is 14.1. The Balaban J connectivity index is 1.37. The van der Waals surface area contributed by atoms with Crippen LogP contribution in [0.15, 0.2) is 108 Å². The van der Waals surface area contributed by atoms with E-state index in [1.807, 2.05) is 12.3 Å². The number of rotatable bonds is 7. The summed E-state index contributed by atoms with van der Waals surface area (Å²) in [4.78, 5) is 14.8. The van der Waals surface area contributed by atoms with E-state index in [2.05, 4.69) is 184 Å². The molecule has 8 rings (SSSR count). The smallest absolute Gasteiger partial charge is 0.149 e. The molecule has 0 saturated heterocycles. The summed E-state index contributed by atoms with van der Waals surface area (Å²) in [7, 11) is 0. The summed E-state index contributed by atoms with van der Waals surface area (Å²) >= 11 is 0. The zero-order valence-corrected chi connectivity index (χ0v) is 35.7. The number of benzene rings is 5. The zero-order valence-electron chi connectivity index (χ0n) is 35.7. The Morgan fingerprint density at radius 1 is 0.579 bits per heavy atom. The van der Waals surface area contributed by atoms with E-state index in [9.17, 15) is 0 Å². The maximum atomic E-state index is 6.88. The van der Waals surface area contributed by atoms with Crippen LogP contribution in [0, 0.1) is 0 Å². The summed E-state index contributed by atoms with van der Waals surface area (Å²) in [6, 6.07) is 35.5. The van der Waals surface area contributed by atoms with Gasteiger partial charge in [0.2, 0.25) is 0 Å². The molecule has 5 aromatic carbocycles. The first-order valence-electron chi connectivity index (χ1n) is 20.6. The second-order valence-corrected chi connectivity index (χ2v) is 18.8. The second-order valence-electron chi connectivity index (χ2n) is 18.8. The molecule has 0 unspecified atom stereocenters. The molecule has 0 saturated carbocycles. The molecule has 0 fully saturated rings. The highest BCUT2D eigenvalue weighted by Gasteiger charge is 2.27. The third kappa shape index (κ3) is 6.96. The molecule has 57 heavy (non-hydrogen) atoms. The number of para-hydroxylation sites is 3. The van der Waals surface area contributed by atoms with Crippen LogP contribution in [0.25, 0.3) is 72.4 Å². The molecule has 0 atom stereocenters. The number of aromatic nitrogens is 4. The minimum Gasteiger partial charge on any atom is -0.455 e. The first-order valence-corrected chi connectivity index (χ1v) is 20.6. The van der Waals surface area contributed by atoms with Gasteiger partial charge in [-0.3, -0.25) is 4.57 Å². The van der Waals surface area contributed by atoms with Crippen molar-refractivity contribution in [3.63, 3.8) is 0 Å². The van der Waals surface area contributed by atoms with Crippen molar-refractivity contribution in [2.75, 3.05) is 0 Å². The van der Waals surface area contributed by atoms with Crippen LogP contribution in [0.3, 0.4) is 0 Å². The summed E-state index contributed by atoms with van der Waals surface area (Å²) in [5.41, 5.74) is 15.6. The topological polar surface area (TPSA) is 56.7 Å². The highest BCUT2D eigenvalue weighted by molar-refractivity contribution is 6.10. The number of nitrogens with zero attached hydrogens (tertiary/aromatic N) is 4. The van der Waals surface area contributed by atoms with Gasteiger partial charge in [-0.25, -0.2) is 15.0 Å². The van der Waals surface area contributed by atoms with Crippen LogP contribution < -0.4 is 0 Å². The largest absolute Gasteiger partial charge is 0.455 e. The Morgan fingerprint density at radius 3 is 1.86 bits per heavy atom. The maximum absolute atomic E-state index is 6.88. The first kappa shape index (κ1) is 38.3. The molecular weight excluding hydrogens is 697 g/mol. The quantitative estimate of drug-likeness (QED) is 0.163. The van der Waals surface area contributed by atoms with E-state index < -0.39 is 0 Å². The third-order valence-electron chi connectivity index (χ3n) is 11.4. The average Bonchev–Trinajstić information content (AvgIpc) is 3.74. The standard InChI is InChI=1S/C52H56N4O/c1-30(2)41-26-35(34-24-36(51(7,8)9)29-37(25-34)52(10,11)12)27-42(31(3)4)47(41)56-45-19-14-13-18-44(45)55-50(56)40-17-15-16-39-38-21-20-33(28-46(38)57-48(39)40)43-22-23-53-49(54-43)32(5)6/h13-32H,1-12H3. The van der Waals surface area contributed by atoms with Crippen molar-refractivity contribution >= 4 is 33.0 Å². The lowest BCUT2D eigenvalue weighted by Crippen LogP contribution is -2.16. The molecule has 0 aliphatic rings. The SMILES string of the molecule is CC(C)c1nccc(-c2ccc3c(c2)oc2c(-c4nc5ccccc5n4-c4c(C(C)C)cc(-c5cc(C(C)(C)C)cc(C(C)(C)C)c5)cc4C(C)C)cccc23)n1. The molecule has 0 aliphatic heterocycles. The molecule has 5 heteroatoms. The molecule has 0 amide bonds. The lowest BCUT2D eigenvalue weighted by Gasteiger charge is -2.28. The lowest BCUT2D eigenvalue weighted by molar-refractivity contribution is 0.569. The molecule has 5 nitrogen and oxygen atoms in total. The number of fused-ring (bicyclic) bond motifs is 4. The molecule has 3 aromatic heterocycles. The van der Waals surface area contributed by atoms with Gasteiger partial charge in [-0.15, -0.1) is 0 Å². The molecule has 8 aromatic rings. The normalized spacial score (nSPS) is 12.7. The predicted octanol–water partition coefficient (Wildman–Crippen LogP) is 14.7. The fraction of sp³-hybridized carbons (Fsp3) is 0.327. The van der Waals surface area contributed by atoms with Crippen molar-refractivity contribution in [2.45, 2.75) is 112 Å². The summed E-state index contributed by atoms with van der Waals surface area (Å²) in [6.07, 6.45) is 1.85. The van der Waals surface area contributed by atoms with Crippen molar-refractivity contribution < 1.29 is 4.42 Å². The molecule has 0 bridgehead atoms. The van der Waals surface area contributed by atoms with E-state index >= 15 is 0 Å². The van der Waals surface area contributed by atoms with Gasteiger partial charge in [-0.05, 0) is 105 Å². The Hall–Kier alpha value is -5.55. The van der Waals surface area contributed by atoms with Gasteiger partial charge >= 0.3 is 0 Å². The molecule has 3 heterocycles. The van der Waals surface area contributed by atoms with Crippen LogP contribution in [-0.2, 0) is 10.8 Å². The number of imidazole rings is 1. The predicted molar refractivity (Wildman–Crippen MR) is 240 cm³/mol. The van der Waals surface area contributed by atoms with E-state index in [0.29, 0.717) is 0 Å². The zero-order chi connectivity index (χ0) is 40.6.